The molecule has 1 aliphatic rings. The van der Waals surface area contributed by atoms with Gasteiger partial charge in [-0.2, -0.15) is 0 Å². The molecule has 3 aromatic rings. The molecule has 0 amide bonds. The first-order valence-corrected chi connectivity index (χ1v) is 10.3. The molecule has 2 aromatic carbocycles. The van der Waals surface area contributed by atoms with Crippen LogP contribution in [0.15, 0.2) is 64.0 Å². The van der Waals surface area contributed by atoms with E-state index in [1.807, 2.05) is 63.3 Å². The molecule has 158 valence electrons. The quantitative estimate of drug-likeness (QED) is 0.301. The van der Waals surface area contributed by atoms with E-state index in [1.54, 1.807) is 12.1 Å². The van der Waals surface area contributed by atoms with E-state index in [0.717, 1.165) is 22.9 Å². The van der Waals surface area contributed by atoms with Gasteiger partial charge in [0.15, 0.2) is 0 Å². The SMILES string of the molecule is CCCc1cc(=O)oc2cc(C(=O)O/C=C/c3ccccc3)c3c(c12)OC(C)(C)C=C3. The smallest absolute Gasteiger partial charge is 0.343 e. The highest BCUT2D eigenvalue weighted by atomic mass is 16.5. The summed E-state index contributed by atoms with van der Waals surface area (Å²) < 4.78 is 17.1. The maximum atomic E-state index is 12.9. The third kappa shape index (κ3) is 4.31. The van der Waals surface area contributed by atoms with Gasteiger partial charge in [-0.25, -0.2) is 9.59 Å². The maximum absolute atomic E-state index is 12.9. The summed E-state index contributed by atoms with van der Waals surface area (Å²) in [6, 6.07) is 12.6. The fraction of sp³-hybridized carbons (Fsp3) is 0.231. The van der Waals surface area contributed by atoms with Crippen molar-refractivity contribution in [2.75, 3.05) is 0 Å². The third-order valence-corrected chi connectivity index (χ3v) is 5.10. The van der Waals surface area contributed by atoms with Crippen LogP contribution in [0.1, 0.15) is 54.2 Å². The van der Waals surface area contributed by atoms with Crippen molar-refractivity contribution < 1.29 is 18.7 Å². The van der Waals surface area contributed by atoms with Gasteiger partial charge in [-0.3, -0.25) is 0 Å². The van der Waals surface area contributed by atoms with Crippen molar-refractivity contribution in [3.63, 3.8) is 0 Å². The predicted octanol–water partition coefficient (Wildman–Crippen LogP) is 5.76. The Morgan fingerprint density at radius 2 is 1.94 bits per heavy atom. The molecule has 1 aliphatic heterocycles. The summed E-state index contributed by atoms with van der Waals surface area (Å²) in [5, 5.41) is 0.727. The number of hydrogen-bond donors (Lipinski definition) is 0. The third-order valence-electron chi connectivity index (χ3n) is 5.10. The molecule has 0 unspecified atom stereocenters. The molecule has 0 atom stereocenters. The highest BCUT2D eigenvalue weighted by molar-refractivity contribution is 6.03. The van der Waals surface area contributed by atoms with Crippen LogP contribution in [0.4, 0.5) is 0 Å². The van der Waals surface area contributed by atoms with Gasteiger partial charge in [-0.15, -0.1) is 0 Å². The zero-order chi connectivity index (χ0) is 22.0. The van der Waals surface area contributed by atoms with Crippen molar-refractivity contribution >= 4 is 29.1 Å². The van der Waals surface area contributed by atoms with Crippen LogP contribution in [-0.4, -0.2) is 11.6 Å². The first-order valence-electron chi connectivity index (χ1n) is 10.3. The van der Waals surface area contributed by atoms with E-state index in [9.17, 15) is 9.59 Å². The van der Waals surface area contributed by atoms with Gasteiger partial charge in [-0.1, -0.05) is 49.8 Å². The molecule has 31 heavy (non-hydrogen) atoms. The lowest BCUT2D eigenvalue weighted by Gasteiger charge is -2.30. The second kappa shape index (κ2) is 8.26. The zero-order valence-electron chi connectivity index (χ0n) is 17.8. The summed E-state index contributed by atoms with van der Waals surface area (Å²) >= 11 is 0. The minimum Gasteiger partial charge on any atom is -0.482 e. The zero-order valence-corrected chi connectivity index (χ0v) is 17.8. The van der Waals surface area contributed by atoms with Gasteiger partial charge in [0, 0.05) is 11.6 Å². The summed E-state index contributed by atoms with van der Waals surface area (Å²) in [4.78, 5) is 25.1. The molecule has 5 nitrogen and oxygen atoms in total. The van der Waals surface area contributed by atoms with Gasteiger partial charge < -0.3 is 13.9 Å². The van der Waals surface area contributed by atoms with E-state index in [4.69, 9.17) is 13.9 Å². The van der Waals surface area contributed by atoms with Crippen molar-refractivity contribution in [2.24, 2.45) is 0 Å². The molecule has 4 rings (SSSR count). The van der Waals surface area contributed by atoms with Crippen molar-refractivity contribution in [1.82, 2.24) is 0 Å². The monoisotopic (exact) mass is 416 g/mol. The number of carbonyl (C=O) groups is 1. The van der Waals surface area contributed by atoms with Crippen LogP contribution in [-0.2, 0) is 11.2 Å². The Hall–Kier alpha value is -3.60. The van der Waals surface area contributed by atoms with E-state index < -0.39 is 17.2 Å². The molecule has 5 heteroatoms. The van der Waals surface area contributed by atoms with Gasteiger partial charge >= 0.3 is 11.6 Å². The number of aryl methyl sites for hydroxylation is 1. The second-order valence-electron chi connectivity index (χ2n) is 8.04. The number of esters is 1. The van der Waals surface area contributed by atoms with Crippen molar-refractivity contribution in [1.29, 1.82) is 0 Å². The molecule has 0 saturated heterocycles. The Morgan fingerprint density at radius 1 is 1.16 bits per heavy atom. The van der Waals surface area contributed by atoms with E-state index in [0.29, 0.717) is 23.3 Å². The van der Waals surface area contributed by atoms with Crippen LogP contribution in [0.25, 0.3) is 23.1 Å². The Morgan fingerprint density at radius 3 is 2.68 bits per heavy atom. The minimum absolute atomic E-state index is 0.281. The average molecular weight is 416 g/mol. The van der Waals surface area contributed by atoms with Crippen LogP contribution in [0.2, 0.25) is 0 Å². The van der Waals surface area contributed by atoms with Gasteiger partial charge in [0.1, 0.15) is 16.9 Å². The lowest BCUT2D eigenvalue weighted by atomic mass is 9.93. The number of benzene rings is 2. The maximum Gasteiger partial charge on any atom is 0.343 e. The van der Waals surface area contributed by atoms with Gasteiger partial charge in [0.05, 0.1) is 17.2 Å². The van der Waals surface area contributed by atoms with E-state index in [1.165, 1.54) is 12.3 Å². The number of ether oxygens (including phenoxy) is 2. The van der Waals surface area contributed by atoms with Crippen LogP contribution in [0.3, 0.4) is 0 Å². The van der Waals surface area contributed by atoms with E-state index in [-0.39, 0.29) is 5.56 Å². The van der Waals surface area contributed by atoms with Gasteiger partial charge in [-0.05, 0) is 49.6 Å². The Bertz CT molecular complexity index is 1250. The molecule has 0 spiro atoms. The van der Waals surface area contributed by atoms with Crippen molar-refractivity contribution in [3.05, 3.63) is 87.5 Å². The lowest BCUT2D eigenvalue weighted by Crippen LogP contribution is -2.28. The Kier molecular flexibility index (Phi) is 5.51. The number of hydrogen-bond acceptors (Lipinski definition) is 5. The molecule has 0 fully saturated rings. The molecular weight excluding hydrogens is 392 g/mol. The fourth-order valence-electron chi connectivity index (χ4n) is 3.68. The molecule has 1 aromatic heterocycles. The highest BCUT2D eigenvalue weighted by Gasteiger charge is 2.29. The fourth-order valence-corrected chi connectivity index (χ4v) is 3.68. The molecule has 0 radical (unpaired) electrons. The standard InChI is InChI=1S/C26H24O5/c1-4-8-18-15-22(27)30-21-16-20(19-11-13-26(2,3)31-24(19)23(18)21)25(28)29-14-12-17-9-6-5-7-10-17/h5-7,9-16H,4,8H2,1-3H3/b14-12+. The highest BCUT2D eigenvalue weighted by Crippen LogP contribution is 2.41. The normalized spacial score (nSPS) is 14.4. The first kappa shape index (κ1) is 20.7. The number of fused-ring (bicyclic) bond motifs is 3. The van der Waals surface area contributed by atoms with Crippen LogP contribution in [0.5, 0.6) is 5.75 Å². The molecular formula is C26H24O5. The number of rotatable bonds is 5. The predicted molar refractivity (Wildman–Crippen MR) is 121 cm³/mol. The minimum atomic E-state index is -0.560. The first-order chi connectivity index (χ1) is 14.9. The van der Waals surface area contributed by atoms with Crippen LogP contribution >= 0.6 is 0 Å². The van der Waals surface area contributed by atoms with Gasteiger partial charge in [0.25, 0.3) is 0 Å². The van der Waals surface area contributed by atoms with Crippen LogP contribution < -0.4 is 10.4 Å². The number of carbonyl (C=O) groups excluding carboxylic acids is 1. The lowest BCUT2D eigenvalue weighted by molar-refractivity contribution is 0.0663. The summed E-state index contributed by atoms with van der Waals surface area (Å²) in [6.45, 7) is 5.91. The molecule has 0 saturated carbocycles. The molecule has 0 bridgehead atoms. The summed E-state index contributed by atoms with van der Waals surface area (Å²) in [5.41, 5.74) is 1.97. The van der Waals surface area contributed by atoms with Crippen molar-refractivity contribution in [3.8, 4) is 5.75 Å². The van der Waals surface area contributed by atoms with Gasteiger partial charge in [0.2, 0.25) is 0 Å². The molecule has 2 heterocycles. The second-order valence-corrected chi connectivity index (χ2v) is 8.04. The summed E-state index contributed by atoms with van der Waals surface area (Å²) in [6.07, 6.45) is 8.40. The Balaban J connectivity index is 1.81. The largest absolute Gasteiger partial charge is 0.482 e. The van der Waals surface area contributed by atoms with E-state index in [2.05, 4.69) is 0 Å². The summed E-state index contributed by atoms with van der Waals surface area (Å²) in [5.74, 6) is -0.0157. The van der Waals surface area contributed by atoms with E-state index >= 15 is 0 Å². The molecule has 0 aliphatic carbocycles. The Labute approximate surface area is 180 Å². The van der Waals surface area contributed by atoms with Crippen molar-refractivity contribution in [2.45, 2.75) is 39.2 Å². The molecule has 0 N–H and O–H groups in total. The average Bonchev–Trinajstić information content (AvgIpc) is 2.73. The summed E-state index contributed by atoms with van der Waals surface area (Å²) in [7, 11) is 0. The topological polar surface area (TPSA) is 65.7 Å². The van der Waals surface area contributed by atoms with Crippen LogP contribution in [0, 0.1) is 0 Å².